The molecule has 0 saturated heterocycles. The highest BCUT2D eigenvalue weighted by molar-refractivity contribution is 7.09. The highest BCUT2D eigenvalue weighted by atomic mass is 32.1. The van der Waals surface area contributed by atoms with E-state index in [-0.39, 0.29) is 11.6 Å². The molecule has 1 N–H and O–H groups in total. The number of aryl methyl sites for hydroxylation is 1. The first-order chi connectivity index (χ1) is 9.10. The van der Waals surface area contributed by atoms with Gasteiger partial charge >= 0.3 is 0 Å². The number of rotatable bonds is 4. The molecule has 0 fully saturated rings. The zero-order valence-corrected chi connectivity index (χ0v) is 11.6. The molecule has 1 aromatic heterocycles. The van der Waals surface area contributed by atoms with Crippen LogP contribution in [0, 0.1) is 24.1 Å². The van der Waals surface area contributed by atoms with Crippen molar-refractivity contribution in [2.45, 2.75) is 26.4 Å². The average Bonchev–Trinajstić information content (AvgIpc) is 2.84. The van der Waals surface area contributed by atoms with Crippen molar-refractivity contribution >= 4 is 11.3 Å². The zero-order chi connectivity index (χ0) is 13.8. The summed E-state index contributed by atoms with van der Waals surface area (Å²) in [7, 11) is 0. The van der Waals surface area contributed by atoms with E-state index in [0.717, 1.165) is 16.3 Å². The summed E-state index contributed by atoms with van der Waals surface area (Å²) in [4.78, 5) is 4.41. The molecule has 19 heavy (non-hydrogen) atoms. The van der Waals surface area contributed by atoms with Gasteiger partial charge in [-0.2, -0.15) is 5.26 Å². The summed E-state index contributed by atoms with van der Waals surface area (Å²) in [5.74, 6) is -0.477. The Kier molecular flexibility index (Phi) is 4.25. The number of hydrogen-bond acceptors (Lipinski definition) is 4. The van der Waals surface area contributed by atoms with Crippen molar-refractivity contribution in [1.29, 1.82) is 5.26 Å². The number of nitrogens with one attached hydrogen (secondary N) is 1. The molecule has 1 heterocycles. The number of nitriles is 1. The molecule has 0 aliphatic rings. The summed E-state index contributed by atoms with van der Waals surface area (Å²) in [6, 6.07) is 6.56. The second-order valence-corrected chi connectivity index (χ2v) is 5.25. The molecule has 2 aromatic rings. The van der Waals surface area contributed by atoms with Gasteiger partial charge in [0.1, 0.15) is 16.9 Å². The minimum atomic E-state index is -0.477. The Morgan fingerprint density at radius 1 is 1.53 bits per heavy atom. The van der Waals surface area contributed by atoms with Crippen molar-refractivity contribution in [3.63, 3.8) is 0 Å². The first-order valence-corrected chi connectivity index (χ1v) is 6.82. The Balaban J connectivity index is 2.01. The van der Waals surface area contributed by atoms with Gasteiger partial charge in [-0.05, 0) is 31.5 Å². The highest BCUT2D eigenvalue weighted by Gasteiger charge is 2.09. The number of hydrogen-bond donors (Lipinski definition) is 1. The van der Waals surface area contributed by atoms with Gasteiger partial charge in [0.15, 0.2) is 0 Å². The molecule has 0 aliphatic carbocycles. The van der Waals surface area contributed by atoms with Crippen LogP contribution in [0.1, 0.15) is 34.8 Å². The summed E-state index contributed by atoms with van der Waals surface area (Å²) in [5, 5.41) is 15.1. The molecule has 98 valence electrons. The SMILES string of the molecule is Cc1csc([C@@H](C)NCc2ccc(F)c(C#N)c2)n1. The third-order valence-corrected chi connectivity index (χ3v) is 3.92. The van der Waals surface area contributed by atoms with Crippen LogP contribution in [-0.2, 0) is 6.54 Å². The predicted octanol–water partition coefficient (Wildman–Crippen LogP) is 3.31. The zero-order valence-electron chi connectivity index (χ0n) is 10.8. The molecule has 0 unspecified atom stereocenters. The van der Waals surface area contributed by atoms with Gasteiger partial charge in [0.2, 0.25) is 0 Å². The Morgan fingerprint density at radius 2 is 2.32 bits per heavy atom. The molecule has 5 heteroatoms. The van der Waals surface area contributed by atoms with Crippen molar-refractivity contribution in [3.8, 4) is 6.07 Å². The van der Waals surface area contributed by atoms with E-state index in [1.54, 1.807) is 23.5 Å². The smallest absolute Gasteiger partial charge is 0.140 e. The number of thiazole rings is 1. The van der Waals surface area contributed by atoms with Crippen LogP contribution in [-0.4, -0.2) is 4.98 Å². The number of halogens is 1. The maximum atomic E-state index is 13.2. The van der Waals surface area contributed by atoms with E-state index in [0.29, 0.717) is 6.54 Å². The van der Waals surface area contributed by atoms with Crippen molar-refractivity contribution in [2.24, 2.45) is 0 Å². The molecule has 0 spiro atoms. The topological polar surface area (TPSA) is 48.7 Å². The largest absolute Gasteiger partial charge is 0.304 e. The third kappa shape index (κ3) is 3.37. The van der Waals surface area contributed by atoms with Crippen LogP contribution in [0.2, 0.25) is 0 Å². The second kappa shape index (κ2) is 5.91. The molecule has 3 nitrogen and oxygen atoms in total. The van der Waals surface area contributed by atoms with E-state index in [1.807, 2.05) is 25.3 Å². The van der Waals surface area contributed by atoms with Gasteiger partial charge in [-0.15, -0.1) is 11.3 Å². The number of nitrogens with zero attached hydrogens (tertiary/aromatic N) is 2. The fourth-order valence-electron chi connectivity index (χ4n) is 1.70. The molecular formula is C14H14FN3S. The fraction of sp³-hybridized carbons (Fsp3) is 0.286. The van der Waals surface area contributed by atoms with Gasteiger partial charge in [0.25, 0.3) is 0 Å². The van der Waals surface area contributed by atoms with Gasteiger partial charge in [-0.1, -0.05) is 6.07 Å². The van der Waals surface area contributed by atoms with Crippen molar-refractivity contribution in [1.82, 2.24) is 10.3 Å². The molecule has 0 aliphatic heterocycles. The maximum Gasteiger partial charge on any atom is 0.140 e. The van der Waals surface area contributed by atoms with E-state index in [9.17, 15) is 4.39 Å². The van der Waals surface area contributed by atoms with Gasteiger partial charge in [-0.25, -0.2) is 9.37 Å². The van der Waals surface area contributed by atoms with Gasteiger partial charge in [0, 0.05) is 17.6 Å². The van der Waals surface area contributed by atoms with E-state index in [2.05, 4.69) is 10.3 Å². The Morgan fingerprint density at radius 3 is 2.95 bits per heavy atom. The Hall–Kier alpha value is -1.77. The molecule has 2 rings (SSSR count). The number of aromatic nitrogens is 1. The van der Waals surface area contributed by atoms with Crippen LogP contribution in [0.3, 0.4) is 0 Å². The predicted molar refractivity (Wildman–Crippen MR) is 73.2 cm³/mol. The standard InChI is InChI=1S/C14H14FN3S/c1-9-8-19-14(18-9)10(2)17-7-11-3-4-13(15)12(5-11)6-16/h3-5,8,10,17H,7H2,1-2H3/t10-/m1/s1. The molecular weight excluding hydrogens is 261 g/mol. The summed E-state index contributed by atoms with van der Waals surface area (Å²) in [6.07, 6.45) is 0. The molecule has 0 bridgehead atoms. The van der Waals surface area contributed by atoms with E-state index in [1.165, 1.54) is 6.07 Å². The van der Waals surface area contributed by atoms with Crippen LogP contribution in [0.4, 0.5) is 4.39 Å². The summed E-state index contributed by atoms with van der Waals surface area (Å²) in [5.41, 5.74) is 1.98. The van der Waals surface area contributed by atoms with Crippen molar-refractivity contribution in [2.75, 3.05) is 0 Å². The molecule has 1 aromatic carbocycles. The maximum absolute atomic E-state index is 13.2. The molecule has 0 saturated carbocycles. The van der Waals surface area contributed by atoms with E-state index < -0.39 is 5.82 Å². The lowest BCUT2D eigenvalue weighted by Crippen LogP contribution is -2.18. The summed E-state index contributed by atoms with van der Waals surface area (Å²) < 4.78 is 13.2. The first-order valence-electron chi connectivity index (χ1n) is 5.94. The Bertz CT molecular complexity index is 615. The second-order valence-electron chi connectivity index (χ2n) is 4.36. The van der Waals surface area contributed by atoms with Crippen LogP contribution in [0.15, 0.2) is 23.6 Å². The lowest BCUT2D eigenvalue weighted by atomic mass is 10.1. The quantitative estimate of drug-likeness (QED) is 0.931. The van der Waals surface area contributed by atoms with Crippen LogP contribution < -0.4 is 5.32 Å². The fourth-order valence-corrected chi connectivity index (χ4v) is 2.53. The minimum absolute atomic E-state index is 0.0806. The van der Waals surface area contributed by atoms with Crippen molar-refractivity contribution in [3.05, 3.63) is 51.2 Å². The van der Waals surface area contributed by atoms with Gasteiger partial charge in [0.05, 0.1) is 11.6 Å². The van der Waals surface area contributed by atoms with Gasteiger partial charge in [-0.3, -0.25) is 0 Å². The average molecular weight is 275 g/mol. The number of benzene rings is 1. The monoisotopic (exact) mass is 275 g/mol. The summed E-state index contributed by atoms with van der Waals surface area (Å²) >= 11 is 1.62. The lowest BCUT2D eigenvalue weighted by Gasteiger charge is -2.11. The van der Waals surface area contributed by atoms with Crippen LogP contribution >= 0.6 is 11.3 Å². The molecule has 1 atom stereocenters. The Labute approximate surface area is 115 Å². The lowest BCUT2D eigenvalue weighted by molar-refractivity contribution is 0.569. The van der Waals surface area contributed by atoms with E-state index in [4.69, 9.17) is 5.26 Å². The van der Waals surface area contributed by atoms with Crippen LogP contribution in [0.25, 0.3) is 0 Å². The summed E-state index contributed by atoms with van der Waals surface area (Å²) in [6.45, 7) is 4.58. The third-order valence-electron chi connectivity index (χ3n) is 2.77. The molecule has 0 amide bonds. The van der Waals surface area contributed by atoms with Gasteiger partial charge < -0.3 is 5.32 Å². The highest BCUT2D eigenvalue weighted by Crippen LogP contribution is 2.18. The van der Waals surface area contributed by atoms with Crippen LogP contribution in [0.5, 0.6) is 0 Å². The molecule has 0 radical (unpaired) electrons. The first kappa shape index (κ1) is 13.7. The minimum Gasteiger partial charge on any atom is -0.304 e. The van der Waals surface area contributed by atoms with E-state index >= 15 is 0 Å². The van der Waals surface area contributed by atoms with Crippen molar-refractivity contribution < 1.29 is 4.39 Å². The normalized spacial score (nSPS) is 12.1.